The number of ether oxygens (including phenoxy) is 1. The quantitative estimate of drug-likeness (QED) is 0.848. The molecule has 0 aliphatic heterocycles. The van der Waals surface area contributed by atoms with Crippen molar-refractivity contribution < 1.29 is 9.84 Å². The number of methoxy groups -OCH3 is 1. The molecule has 2 rings (SSSR count). The standard InChI is InChI=1S/C14H21NO2/c1-15(2)13(14(10-16)8-9-14)11-4-6-12(17-3)7-5-11/h4-7,13,16H,8-10H2,1-3H3. The van der Waals surface area contributed by atoms with Crippen LogP contribution in [0.3, 0.4) is 0 Å². The molecule has 1 aromatic carbocycles. The summed E-state index contributed by atoms with van der Waals surface area (Å²) in [5.74, 6) is 0.875. The molecule has 0 saturated heterocycles. The third kappa shape index (κ3) is 2.31. The molecule has 0 radical (unpaired) electrons. The van der Waals surface area contributed by atoms with Gasteiger partial charge in [0.25, 0.3) is 0 Å². The Kier molecular flexibility index (Phi) is 3.40. The Morgan fingerprint density at radius 3 is 2.24 bits per heavy atom. The lowest BCUT2D eigenvalue weighted by Gasteiger charge is -2.32. The highest BCUT2D eigenvalue weighted by atomic mass is 16.5. The molecule has 1 saturated carbocycles. The maximum Gasteiger partial charge on any atom is 0.118 e. The molecule has 0 amide bonds. The molecule has 3 nitrogen and oxygen atoms in total. The summed E-state index contributed by atoms with van der Waals surface area (Å²) in [5.41, 5.74) is 1.32. The SMILES string of the molecule is COc1ccc(C(N(C)C)C2(CO)CC2)cc1. The van der Waals surface area contributed by atoms with Crippen molar-refractivity contribution in [1.82, 2.24) is 4.90 Å². The van der Waals surface area contributed by atoms with Gasteiger partial charge in [-0.1, -0.05) is 12.1 Å². The van der Waals surface area contributed by atoms with Crippen LogP contribution in [-0.4, -0.2) is 37.8 Å². The van der Waals surface area contributed by atoms with E-state index in [1.807, 2.05) is 12.1 Å². The predicted molar refractivity (Wildman–Crippen MR) is 68.2 cm³/mol. The van der Waals surface area contributed by atoms with E-state index in [0.29, 0.717) is 6.04 Å². The average molecular weight is 235 g/mol. The van der Waals surface area contributed by atoms with Gasteiger partial charge in [-0.25, -0.2) is 0 Å². The minimum Gasteiger partial charge on any atom is -0.497 e. The Balaban J connectivity index is 2.27. The summed E-state index contributed by atoms with van der Waals surface area (Å²) in [6.45, 7) is 0.266. The zero-order valence-corrected chi connectivity index (χ0v) is 10.8. The Labute approximate surface area is 103 Å². The summed E-state index contributed by atoms with van der Waals surface area (Å²) in [6, 6.07) is 8.45. The second kappa shape index (κ2) is 4.67. The summed E-state index contributed by atoms with van der Waals surface area (Å²) >= 11 is 0. The summed E-state index contributed by atoms with van der Waals surface area (Å²) in [4.78, 5) is 2.20. The van der Waals surface area contributed by atoms with Gasteiger partial charge < -0.3 is 14.7 Å². The van der Waals surface area contributed by atoms with E-state index in [2.05, 4.69) is 31.1 Å². The first-order chi connectivity index (χ1) is 8.13. The summed E-state index contributed by atoms with van der Waals surface area (Å²) in [7, 11) is 5.82. The zero-order valence-electron chi connectivity index (χ0n) is 10.8. The molecular formula is C14H21NO2. The predicted octanol–water partition coefficient (Wildman–Crippen LogP) is 2.07. The van der Waals surface area contributed by atoms with Crippen LogP contribution in [0.2, 0.25) is 0 Å². The molecule has 1 N–H and O–H groups in total. The molecule has 1 aromatic rings. The van der Waals surface area contributed by atoms with Crippen LogP contribution < -0.4 is 4.74 Å². The van der Waals surface area contributed by atoms with E-state index < -0.39 is 0 Å². The first-order valence-corrected chi connectivity index (χ1v) is 6.04. The van der Waals surface area contributed by atoms with Gasteiger partial charge in [0.2, 0.25) is 0 Å². The third-order valence-corrected chi connectivity index (χ3v) is 3.74. The van der Waals surface area contributed by atoms with Gasteiger partial charge in [-0.15, -0.1) is 0 Å². The van der Waals surface area contributed by atoms with E-state index >= 15 is 0 Å². The number of aliphatic hydroxyl groups is 1. The maximum atomic E-state index is 9.59. The first kappa shape index (κ1) is 12.4. The molecule has 1 fully saturated rings. The van der Waals surface area contributed by atoms with Crippen LogP contribution in [-0.2, 0) is 0 Å². The minimum atomic E-state index is 0.0675. The Hall–Kier alpha value is -1.06. The van der Waals surface area contributed by atoms with Crippen LogP contribution >= 0.6 is 0 Å². The Morgan fingerprint density at radius 2 is 1.88 bits per heavy atom. The Bertz CT molecular complexity index is 368. The highest BCUT2D eigenvalue weighted by Gasteiger charge is 2.50. The fourth-order valence-electron chi connectivity index (χ4n) is 2.66. The van der Waals surface area contributed by atoms with Gasteiger partial charge in [0.1, 0.15) is 5.75 Å². The van der Waals surface area contributed by atoms with Crippen molar-refractivity contribution >= 4 is 0 Å². The van der Waals surface area contributed by atoms with Gasteiger partial charge in [-0.2, -0.15) is 0 Å². The van der Waals surface area contributed by atoms with E-state index in [1.54, 1.807) is 7.11 Å². The van der Waals surface area contributed by atoms with Crippen molar-refractivity contribution in [1.29, 1.82) is 0 Å². The molecule has 1 aliphatic rings. The van der Waals surface area contributed by atoms with E-state index in [1.165, 1.54) is 5.56 Å². The number of hydrogen-bond donors (Lipinski definition) is 1. The van der Waals surface area contributed by atoms with Crippen molar-refractivity contribution in [2.75, 3.05) is 27.8 Å². The van der Waals surface area contributed by atoms with Gasteiger partial charge in [0, 0.05) is 11.5 Å². The highest BCUT2D eigenvalue weighted by Crippen LogP contribution is 2.56. The van der Waals surface area contributed by atoms with Crippen LogP contribution in [0, 0.1) is 5.41 Å². The van der Waals surface area contributed by atoms with Crippen LogP contribution in [0.15, 0.2) is 24.3 Å². The summed E-state index contributed by atoms with van der Waals surface area (Å²) in [5, 5.41) is 9.59. The van der Waals surface area contributed by atoms with Crippen LogP contribution in [0.1, 0.15) is 24.4 Å². The molecule has 0 spiro atoms. The van der Waals surface area contributed by atoms with Gasteiger partial charge in [-0.05, 0) is 44.6 Å². The number of benzene rings is 1. The molecule has 1 aliphatic carbocycles. The topological polar surface area (TPSA) is 32.7 Å². The Morgan fingerprint density at radius 1 is 1.29 bits per heavy atom. The lowest BCUT2D eigenvalue weighted by atomic mass is 9.90. The van der Waals surface area contributed by atoms with Crippen molar-refractivity contribution in [3.63, 3.8) is 0 Å². The second-order valence-corrected chi connectivity index (χ2v) is 5.16. The fraction of sp³-hybridized carbons (Fsp3) is 0.571. The summed E-state index contributed by atoms with van der Waals surface area (Å²) < 4.78 is 5.17. The smallest absolute Gasteiger partial charge is 0.118 e. The van der Waals surface area contributed by atoms with Crippen molar-refractivity contribution in [2.24, 2.45) is 5.41 Å². The maximum absolute atomic E-state index is 9.59. The monoisotopic (exact) mass is 235 g/mol. The van der Waals surface area contributed by atoms with Crippen LogP contribution in [0.4, 0.5) is 0 Å². The molecule has 1 atom stereocenters. The fourth-order valence-corrected chi connectivity index (χ4v) is 2.66. The van der Waals surface area contributed by atoms with Crippen LogP contribution in [0.25, 0.3) is 0 Å². The largest absolute Gasteiger partial charge is 0.497 e. The molecule has 1 unspecified atom stereocenters. The molecule has 17 heavy (non-hydrogen) atoms. The van der Waals surface area contributed by atoms with Gasteiger partial charge >= 0.3 is 0 Å². The number of hydrogen-bond acceptors (Lipinski definition) is 3. The number of rotatable bonds is 5. The van der Waals surface area contributed by atoms with E-state index in [9.17, 15) is 5.11 Å². The molecule has 0 heterocycles. The van der Waals surface area contributed by atoms with Gasteiger partial charge in [-0.3, -0.25) is 0 Å². The van der Waals surface area contributed by atoms with E-state index in [0.717, 1.165) is 18.6 Å². The van der Waals surface area contributed by atoms with Gasteiger partial charge in [0.05, 0.1) is 13.7 Å². The zero-order chi connectivity index (χ0) is 12.5. The van der Waals surface area contributed by atoms with E-state index in [4.69, 9.17) is 4.74 Å². The minimum absolute atomic E-state index is 0.0675. The second-order valence-electron chi connectivity index (χ2n) is 5.16. The van der Waals surface area contributed by atoms with Gasteiger partial charge in [0.15, 0.2) is 0 Å². The molecule has 3 heteroatoms. The molecular weight excluding hydrogens is 214 g/mol. The molecule has 0 bridgehead atoms. The van der Waals surface area contributed by atoms with Crippen molar-refractivity contribution in [3.05, 3.63) is 29.8 Å². The highest BCUT2D eigenvalue weighted by molar-refractivity contribution is 5.31. The summed E-state index contributed by atoms with van der Waals surface area (Å²) in [6.07, 6.45) is 2.22. The third-order valence-electron chi connectivity index (χ3n) is 3.74. The normalized spacial score (nSPS) is 19.1. The van der Waals surface area contributed by atoms with Crippen molar-refractivity contribution in [3.8, 4) is 5.75 Å². The first-order valence-electron chi connectivity index (χ1n) is 6.04. The van der Waals surface area contributed by atoms with Crippen LogP contribution in [0.5, 0.6) is 5.75 Å². The molecule has 94 valence electrons. The van der Waals surface area contributed by atoms with E-state index in [-0.39, 0.29) is 12.0 Å². The molecule has 0 aromatic heterocycles. The lowest BCUT2D eigenvalue weighted by Crippen LogP contribution is -2.30. The lowest BCUT2D eigenvalue weighted by molar-refractivity contribution is 0.115. The number of nitrogens with zero attached hydrogens (tertiary/aromatic N) is 1. The number of aliphatic hydroxyl groups excluding tert-OH is 1. The van der Waals surface area contributed by atoms with Crippen molar-refractivity contribution in [2.45, 2.75) is 18.9 Å². The average Bonchev–Trinajstić information content (AvgIpc) is 3.11.